The quantitative estimate of drug-likeness (QED) is 0.455. The van der Waals surface area contributed by atoms with Crippen molar-refractivity contribution in [1.82, 2.24) is 34.7 Å². The van der Waals surface area contributed by atoms with E-state index in [1.54, 1.807) is 6.07 Å². The Morgan fingerprint density at radius 1 is 1.13 bits per heavy atom. The van der Waals surface area contributed by atoms with Crippen LogP contribution in [0.4, 0.5) is 27.5 Å². The Bertz CT molecular complexity index is 1440. The minimum absolute atomic E-state index is 0.119. The van der Waals surface area contributed by atoms with E-state index in [0.717, 1.165) is 36.1 Å². The van der Waals surface area contributed by atoms with Crippen molar-refractivity contribution in [2.45, 2.75) is 56.9 Å². The molecule has 12 heteroatoms. The summed E-state index contributed by atoms with van der Waals surface area (Å²) in [7, 11) is 1.52. The lowest BCUT2D eigenvalue weighted by Crippen LogP contribution is -2.49. The van der Waals surface area contributed by atoms with Crippen molar-refractivity contribution < 1.29 is 4.39 Å². The maximum Gasteiger partial charge on any atom is 0.368 e. The van der Waals surface area contributed by atoms with E-state index in [0.29, 0.717) is 29.2 Å². The largest absolute Gasteiger partial charge is 0.378 e. The molecule has 2 aliphatic heterocycles. The van der Waals surface area contributed by atoms with Gasteiger partial charge in [0.15, 0.2) is 0 Å². The first-order valence-electron chi connectivity index (χ1n) is 13.3. The van der Waals surface area contributed by atoms with E-state index < -0.39 is 11.5 Å². The molecule has 38 heavy (non-hydrogen) atoms. The van der Waals surface area contributed by atoms with Crippen LogP contribution in [0.3, 0.4) is 0 Å². The number of hydrogen-bond donors (Lipinski definition) is 2. The van der Waals surface area contributed by atoms with Crippen molar-refractivity contribution in [3.8, 4) is 5.69 Å². The van der Waals surface area contributed by atoms with Crippen LogP contribution in [0, 0.1) is 18.3 Å². The summed E-state index contributed by atoms with van der Waals surface area (Å²) in [6, 6.07) is 3.57. The van der Waals surface area contributed by atoms with Crippen LogP contribution < -0.4 is 16.3 Å². The minimum atomic E-state index is -0.473. The molecule has 1 aliphatic carbocycles. The van der Waals surface area contributed by atoms with Crippen molar-refractivity contribution in [2.24, 2.45) is 13.0 Å². The molecule has 0 radical (unpaired) electrons. The number of piperidine rings is 2. The van der Waals surface area contributed by atoms with Gasteiger partial charge in [-0.15, -0.1) is 0 Å². The zero-order valence-corrected chi connectivity index (χ0v) is 21.4. The van der Waals surface area contributed by atoms with E-state index in [9.17, 15) is 4.79 Å². The molecule has 0 unspecified atom stereocenters. The van der Waals surface area contributed by atoms with Crippen molar-refractivity contribution in [3.63, 3.8) is 0 Å². The Morgan fingerprint density at radius 3 is 2.74 bits per heavy atom. The minimum Gasteiger partial charge on any atom is -0.378 e. The molecule has 1 saturated carbocycles. The highest BCUT2D eigenvalue weighted by molar-refractivity contribution is 5.68. The van der Waals surface area contributed by atoms with Gasteiger partial charge in [0, 0.05) is 25.8 Å². The van der Waals surface area contributed by atoms with Gasteiger partial charge in [0.25, 0.3) is 0 Å². The Labute approximate surface area is 219 Å². The van der Waals surface area contributed by atoms with E-state index in [2.05, 4.69) is 40.8 Å². The lowest BCUT2D eigenvalue weighted by Gasteiger charge is -2.44. The third kappa shape index (κ3) is 4.74. The van der Waals surface area contributed by atoms with E-state index in [1.165, 1.54) is 62.8 Å². The molecule has 0 amide bonds. The molecule has 2 atom stereocenters. The second kappa shape index (κ2) is 10.1. The molecule has 2 N–H and O–H groups in total. The second-order valence-corrected chi connectivity index (χ2v) is 10.5. The van der Waals surface area contributed by atoms with Gasteiger partial charge < -0.3 is 15.5 Å². The molecule has 0 bridgehead atoms. The van der Waals surface area contributed by atoms with Crippen molar-refractivity contribution in [3.05, 3.63) is 51.6 Å². The maximum atomic E-state index is 15.2. The SMILES string of the molecule is [C-]#[N+]c1cnc(Nc2cc(-n3nnn(C)c3=O)c(C3CC3)cc2F)nc1NC[C@@H]1CCCN2CCCC[C@H]12. The summed E-state index contributed by atoms with van der Waals surface area (Å²) < 4.78 is 17.5. The van der Waals surface area contributed by atoms with Gasteiger partial charge in [-0.25, -0.2) is 24.0 Å². The van der Waals surface area contributed by atoms with Crippen LogP contribution in [0.1, 0.15) is 56.4 Å². The molecular weight excluding hydrogens is 487 g/mol. The van der Waals surface area contributed by atoms with E-state index in [-0.39, 0.29) is 17.6 Å². The summed E-state index contributed by atoms with van der Waals surface area (Å²) in [5.74, 6) is 0.810. The van der Waals surface area contributed by atoms with Crippen molar-refractivity contribution in [1.29, 1.82) is 0 Å². The molecule has 198 valence electrons. The van der Waals surface area contributed by atoms with Gasteiger partial charge in [0.1, 0.15) is 11.6 Å². The van der Waals surface area contributed by atoms with Crippen LogP contribution in [-0.2, 0) is 7.05 Å². The molecule has 11 nitrogen and oxygen atoms in total. The highest BCUT2D eigenvalue weighted by Crippen LogP contribution is 2.44. The fraction of sp³-hybridized carbons (Fsp3) is 0.538. The number of hydrogen-bond acceptors (Lipinski definition) is 8. The van der Waals surface area contributed by atoms with Gasteiger partial charge >= 0.3 is 5.69 Å². The normalized spacial score (nSPS) is 21.5. The Morgan fingerprint density at radius 2 is 1.97 bits per heavy atom. The lowest BCUT2D eigenvalue weighted by atomic mass is 9.83. The van der Waals surface area contributed by atoms with E-state index >= 15 is 4.39 Å². The lowest BCUT2D eigenvalue weighted by molar-refractivity contribution is 0.0649. The molecule has 6 rings (SSSR count). The molecule has 3 fully saturated rings. The average Bonchev–Trinajstić information content (AvgIpc) is 3.73. The number of fused-ring (bicyclic) bond motifs is 1. The zero-order chi connectivity index (χ0) is 26.2. The maximum absolute atomic E-state index is 15.2. The number of aromatic nitrogens is 6. The number of nitrogens with zero attached hydrogens (tertiary/aromatic N) is 8. The predicted octanol–water partition coefficient (Wildman–Crippen LogP) is 3.74. The standard InChI is InChI=1S/C26H31FN10O/c1-28-21-15-30-25(32-24(21)29-14-17-6-5-11-36-10-4-3-7-22(17)36)31-20-13-23(37-26(38)35(2)33-34-37)18(12-19(20)27)16-8-9-16/h12-13,15-17,22H,3-11,14H2,2H3,(H2,29,30,31,32)/t17-,22+/m0/s1. The molecule has 2 saturated heterocycles. The number of nitrogens with one attached hydrogen (secondary N) is 2. The highest BCUT2D eigenvalue weighted by atomic mass is 19.1. The van der Waals surface area contributed by atoms with Crippen LogP contribution in [0.2, 0.25) is 0 Å². The van der Waals surface area contributed by atoms with Gasteiger partial charge in [0.05, 0.1) is 17.9 Å². The summed E-state index contributed by atoms with van der Waals surface area (Å²) in [6.45, 7) is 10.6. The molecule has 3 aromatic rings. The Kier molecular flexibility index (Phi) is 6.53. The zero-order valence-electron chi connectivity index (χ0n) is 21.4. The average molecular weight is 519 g/mol. The van der Waals surface area contributed by atoms with Crippen LogP contribution in [0.15, 0.2) is 23.1 Å². The van der Waals surface area contributed by atoms with Crippen LogP contribution in [-0.4, -0.2) is 60.3 Å². The first kappa shape index (κ1) is 24.5. The number of aryl methyl sites for hydroxylation is 1. The summed E-state index contributed by atoms with van der Waals surface area (Å²) >= 11 is 0. The molecular formula is C26H31FN10O. The van der Waals surface area contributed by atoms with Gasteiger partial charge in [-0.05, 0) is 91.6 Å². The van der Waals surface area contributed by atoms with Gasteiger partial charge in [-0.1, -0.05) is 6.42 Å². The fourth-order valence-corrected chi connectivity index (χ4v) is 5.85. The second-order valence-electron chi connectivity index (χ2n) is 10.5. The van der Waals surface area contributed by atoms with Crippen LogP contribution in [0.25, 0.3) is 10.5 Å². The van der Waals surface area contributed by atoms with E-state index in [4.69, 9.17) is 6.57 Å². The summed E-state index contributed by atoms with van der Waals surface area (Å²) in [5, 5.41) is 14.1. The number of anilines is 3. The van der Waals surface area contributed by atoms with Gasteiger partial charge in [-0.2, -0.15) is 9.36 Å². The summed E-state index contributed by atoms with van der Waals surface area (Å²) in [5.41, 5.74) is 1.25. The monoisotopic (exact) mass is 518 g/mol. The number of halogens is 1. The first-order chi connectivity index (χ1) is 18.5. The van der Waals surface area contributed by atoms with E-state index in [1.807, 2.05) is 0 Å². The van der Waals surface area contributed by atoms with Crippen molar-refractivity contribution in [2.75, 3.05) is 30.3 Å². The molecule has 0 spiro atoms. The number of benzene rings is 1. The topological polar surface area (TPSA) is 110 Å². The number of tetrazole rings is 1. The summed E-state index contributed by atoms with van der Waals surface area (Å²) in [4.78, 5) is 27.5. The van der Waals surface area contributed by atoms with Gasteiger partial charge in [0.2, 0.25) is 11.6 Å². The Hall–Kier alpha value is -3.85. The molecule has 3 aliphatic rings. The smallest absolute Gasteiger partial charge is 0.368 e. The fourth-order valence-electron chi connectivity index (χ4n) is 5.85. The molecule has 1 aromatic carbocycles. The third-order valence-corrected chi connectivity index (χ3v) is 7.98. The highest BCUT2D eigenvalue weighted by Gasteiger charge is 2.33. The Balaban J connectivity index is 1.25. The summed E-state index contributed by atoms with van der Waals surface area (Å²) in [6.07, 6.45) is 9.40. The first-order valence-corrected chi connectivity index (χ1v) is 13.3. The molecule has 4 heterocycles. The number of rotatable bonds is 7. The van der Waals surface area contributed by atoms with Crippen molar-refractivity contribution >= 4 is 23.1 Å². The van der Waals surface area contributed by atoms with Gasteiger partial charge in [-0.3, -0.25) is 0 Å². The molecule has 2 aromatic heterocycles. The predicted molar refractivity (Wildman–Crippen MR) is 141 cm³/mol. The van der Waals surface area contributed by atoms with Crippen LogP contribution in [0.5, 0.6) is 0 Å². The van der Waals surface area contributed by atoms with Crippen LogP contribution >= 0.6 is 0 Å². The third-order valence-electron chi connectivity index (χ3n) is 7.98.